The minimum Gasteiger partial charge on any atom is -0.394 e. The van der Waals surface area contributed by atoms with Crippen molar-refractivity contribution < 1.29 is 24.5 Å². The Hall–Kier alpha value is -2.56. The van der Waals surface area contributed by atoms with Gasteiger partial charge in [-0.2, -0.15) is 0 Å². The van der Waals surface area contributed by atoms with Crippen molar-refractivity contribution in [2.75, 3.05) is 6.61 Å². The summed E-state index contributed by atoms with van der Waals surface area (Å²) in [5, 5.41) is 21.4. The van der Waals surface area contributed by atoms with Crippen LogP contribution in [-0.2, 0) is 14.3 Å². The number of Topliss-reactive ketones (excluding diaryl/α,β-unsaturated/α-hetero) is 1. The molecule has 1 aliphatic rings. The number of ether oxygens (including phenoxy) is 1. The van der Waals surface area contributed by atoms with E-state index in [2.05, 4.69) is 10.3 Å². The molecule has 2 heterocycles. The number of nitrogens with zero attached hydrogens (tertiary/aromatic N) is 1. The molecule has 27 heavy (non-hydrogen) atoms. The summed E-state index contributed by atoms with van der Waals surface area (Å²) in [6.45, 7) is 1.06. The quantitative estimate of drug-likeness (QED) is 0.452. The zero-order chi connectivity index (χ0) is 20.0. The Bertz CT molecular complexity index is 827. The summed E-state index contributed by atoms with van der Waals surface area (Å²) in [6.07, 6.45) is 2.34. The lowest BCUT2D eigenvalue weighted by atomic mass is 10.2. The smallest absolute Gasteiger partial charge is 0.330 e. The Balaban J connectivity index is 2.05. The summed E-state index contributed by atoms with van der Waals surface area (Å²) in [5.41, 5.74) is -1.25. The number of ketones is 1. The molecule has 10 nitrogen and oxygen atoms in total. The van der Waals surface area contributed by atoms with Crippen LogP contribution in [0.2, 0.25) is 0 Å². The molecule has 148 valence electrons. The zero-order valence-corrected chi connectivity index (χ0v) is 14.9. The highest BCUT2D eigenvalue weighted by Crippen LogP contribution is 2.27. The van der Waals surface area contributed by atoms with Gasteiger partial charge in [-0.25, -0.2) is 4.79 Å². The third-order valence-corrected chi connectivity index (χ3v) is 4.13. The first-order chi connectivity index (χ1) is 12.8. The predicted molar refractivity (Wildman–Crippen MR) is 94.7 cm³/mol. The molecule has 1 aromatic heterocycles. The zero-order valence-electron chi connectivity index (χ0n) is 14.9. The molecule has 0 spiro atoms. The van der Waals surface area contributed by atoms with Crippen LogP contribution < -0.4 is 16.6 Å². The average molecular weight is 381 g/mol. The molecular formula is C17H23N3O7. The van der Waals surface area contributed by atoms with Crippen LogP contribution in [0.3, 0.4) is 0 Å². The second-order valence-electron chi connectivity index (χ2n) is 6.32. The van der Waals surface area contributed by atoms with Gasteiger partial charge in [0.15, 0.2) is 0 Å². The molecular weight excluding hydrogens is 358 g/mol. The van der Waals surface area contributed by atoms with Crippen LogP contribution >= 0.6 is 0 Å². The van der Waals surface area contributed by atoms with Gasteiger partial charge in [0.25, 0.3) is 5.56 Å². The number of carbonyl (C=O) groups is 2. The van der Waals surface area contributed by atoms with Gasteiger partial charge in [0.1, 0.15) is 18.1 Å². The van der Waals surface area contributed by atoms with E-state index >= 15 is 0 Å². The molecule has 0 radical (unpaired) electrons. The summed E-state index contributed by atoms with van der Waals surface area (Å²) >= 11 is 0. The minimum absolute atomic E-state index is 0.00909. The average Bonchev–Trinajstić information content (AvgIpc) is 2.97. The van der Waals surface area contributed by atoms with Crippen LogP contribution in [-0.4, -0.2) is 50.3 Å². The summed E-state index contributed by atoms with van der Waals surface area (Å²) in [5.74, 6) is -0.292. The molecule has 3 atom stereocenters. The fourth-order valence-corrected chi connectivity index (χ4v) is 2.68. The van der Waals surface area contributed by atoms with Crippen LogP contribution in [0.5, 0.6) is 0 Å². The molecule has 0 unspecified atom stereocenters. The third-order valence-electron chi connectivity index (χ3n) is 4.13. The predicted octanol–water partition coefficient (Wildman–Crippen LogP) is -0.976. The topological polar surface area (TPSA) is 151 Å². The van der Waals surface area contributed by atoms with Gasteiger partial charge in [-0.05, 0) is 19.4 Å². The highest BCUT2D eigenvalue weighted by atomic mass is 16.5. The Morgan fingerprint density at radius 2 is 2.15 bits per heavy atom. The van der Waals surface area contributed by atoms with Gasteiger partial charge in [-0.3, -0.25) is 19.1 Å². The van der Waals surface area contributed by atoms with Crippen molar-refractivity contribution in [1.82, 2.24) is 14.9 Å². The van der Waals surface area contributed by atoms with Crippen molar-refractivity contribution in [3.63, 3.8) is 0 Å². The molecule has 1 aromatic rings. The van der Waals surface area contributed by atoms with Gasteiger partial charge < -0.3 is 25.1 Å². The monoisotopic (exact) mass is 381 g/mol. The number of H-pyrrole nitrogens is 1. The highest BCUT2D eigenvalue weighted by Gasteiger charge is 2.35. The van der Waals surface area contributed by atoms with E-state index < -0.39 is 36.3 Å². The van der Waals surface area contributed by atoms with E-state index in [9.17, 15) is 24.3 Å². The van der Waals surface area contributed by atoms with Gasteiger partial charge in [0.2, 0.25) is 5.91 Å². The van der Waals surface area contributed by atoms with Crippen LogP contribution in [0.25, 0.3) is 6.08 Å². The van der Waals surface area contributed by atoms with E-state index in [0.717, 1.165) is 4.57 Å². The molecule has 0 bridgehead atoms. The first-order valence-corrected chi connectivity index (χ1v) is 8.57. The van der Waals surface area contributed by atoms with E-state index in [1.165, 1.54) is 25.4 Å². The van der Waals surface area contributed by atoms with Crippen LogP contribution in [0, 0.1) is 0 Å². The number of aliphatic hydroxyl groups excluding tert-OH is 2. The first-order valence-electron chi connectivity index (χ1n) is 8.57. The maximum Gasteiger partial charge on any atom is 0.330 e. The van der Waals surface area contributed by atoms with Crippen molar-refractivity contribution in [2.45, 2.75) is 51.0 Å². The minimum atomic E-state index is -0.924. The van der Waals surface area contributed by atoms with E-state index in [0.29, 0.717) is 12.8 Å². The van der Waals surface area contributed by atoms with Gasteiger partial charge >= 0.3 is 5.69 Å². The molecule has 0 aliphatic carbocycles. The third kappa shape index (κ3) is 5.71. The largest absolute Gasteiger partial charge is 0.394 e. The van der Waals surface area contributed by atoms with Crippen LogP contribution in [0.1, 0.15) is 44.4 Å². The summed E-state index contributed by atoms with van der Waals surface area (Å²) in [6, 6.07) is 0. The molecule has 10 heteroatoms. The number of nitrogens with one attached hydrogen (secondary N) is 2. The second-order valence-corrected chi connectivity index (χ2v) is 6.32. The normalized spacial score (nSPS) is 22.3. The van der Waals surface area contributed by atoms with Gasteiger partial charge in [-0.1, -0.05) is 0 Å². The Labute approximate surface area is 154 Å². The number of hydrogen-bond donors (Lipinski definition) is 4. The number of aromatic nitrogens is 2. The van der Waals surface area contributed by atoms with Crippen molar-refractivity contribution in [3.8, 4) is 0 Å². The Morgan fingerprint density at radius 3 is 2.78 bits per heavy atom. The molecule has 1 amide bonds. The summed E-state index contributed by atoms with van der Waals surface area (Å²) < 4.78 is 6.53. The lowest BCUT2D eigenvalue weighted by Gasteiger charge is -2.14. The number of hydrogen-bond acceptors (Lipinski definition) is 7. The molecule has 2 rings (SSSR count). The first kappa shape index (κ1) is 20.7. The SMILES string of the molecule is CC(=O)CCCC(=O)N/C=C/c1cn([C@H]2C[C@H](O)[C@@H](CO)O2)c(=O)[nH]c1=O. The van der Waals surface area contributed by atoms with Gasteiger partial charge in [-0.15, -0.1) is 0 Å². The number of carbonyl (C=O) groups excluding carboxylic acids is 2. The molecule has 1 fully saturated rings. The van der Waals surface area contributed by atoms with E-state index in [-0.39, 0.29) is 30.1 Å². The maximum atomic E-state index is 12.0. The Morgan fingerprint density at radius 1 is 1.41 bits per heavy atom. The van der Waals surface area contributed by atoms with Crippen LogP contribution in [0.15, 0.2) is 22.0 Å². The number of aliphatic hydroxyl groups is 2. The van der Waals surface area contributed by atoms with E-state index in [1.54, 1.807) is 0 Å². The summed E-state index contributed by atoms with van der Waals surface area (Å²) in [4.78, 5) is 48.5. The molecule has 1 saturated heterocycles. The standard InChI is InChI=1S/C17H23N3O7/c1-10(22)3-2-4-14(24)18-6-5-11-8-20(17(26)19-16(11)25)15-7-12(23)13(9-21)27-15/h5-6,8,12-13,15,21,23H,2-4,7,9H2,1H3,(H,18,24)(H,19,25,26)/b6-5+/t12-,13+,15+/m0/s1. The Kier molecular flexibility index (Phi) is 7.22. The number of aromatic amines is 1. The fourth-order valence-electron chi connectivity index (χ4n) is 2.68. The lowest BCUT2D eigenvalue weighted by Crippen LogP contribution is -2.33. The van der Waals surface area contributed by atoms with E-state index in [4.69, 9.17) is 9.84 Å². The van der Waals surface area contributed by atoms with Crippen molar-refractivity contribution in [3.05, 3.63) is 38.8 Å². The molecule has 1 aliphatic heterocycles. The maximum absolute atomic E-state index is 12.0. The summed E-state index contributed by atoms with van der Waals surface area (Å²) in [7, 11) is 0. The molecule has 4 N–H and O–H groups in total. The fraction of sp³-hybridized carbons (Fsp3) is 0.529. The highest BCUT2D eigenvalue weighted by molar-refractivity contribution is 5.79. The van der Waals surface area contributed by atoms with Crippen molar-refractivity contribution in [2.24, 2.45) is 0 Å². The number of rotatable bonds is 8. The van der Waals surface area contributed by atoms with Gasteiger partial charge in [0, 0.05) is 31.7 Å². The number of amides is 1. The van der Waals surface area contributed by atoms with Crippen molar-refractivity contribution in [1.29, 1.82) is 0 Å². The molecule has 0 saturated carbocycles. The van der Waals surface area contributed by atoms with E-state index in [1.807, 2.05) is 0 Å². The lowest BCUT2D eigenvalue weighted by molar-refractivity contribution is -0.120. The van der Waals surface area contributed by atoms with Crippen molar-refractivity contribution >= 4 is 17.8 Å². The second kappa shape index (κ2) is 9.40. The van der Waals surface area contributed by atoms with Crippen LogP contribution in [0.4, 0.5) is 0 Å². The molecule has 0 aromatic carbocycles. The van der Waals surface area contributed by atoms with Gasteiger partial charge in [0.05, 0.1) is 18.3 Å².